The number of hydrogen-bond acceptors (Lipinski definition) is 3. The number of amides is 2. The third-order valence-corrected chi connectivity index (χ3v) is 2.76. The molecule has 0 bridgehead atoms. The average molecular weight is 298 g/mol. The molecule has 0 atom stereocenters. The molecule has 0 aliphatic carbocycles. The Labute approximate surface area is 128 Å². The molecule has 1 aromatic heterocycles. The summed E-state index contributed by atoms with van der Waals surface area (Å²) in [5.41, 5.74) is 1.43. The zero-order chi connectivity index (χ0) is 15.9. The molecule has 22 heavy (non-hydrogen) atoms. The lowest BCUT2D eigenvalue weighted by Crippen LogP contribution is -2.31. The van der Waals surface area contributed by atoms with Crippen molar-refractivity contribution in [1.29, 1.82) is 0 Å². The van der Waals surface area contributed by atoms with E-state index in [2.05, 4.69) is 20.8 Å². The fourth-order valence-electron chi connectivity index (χ4n) is 1.80. The van der Waals surface area contributed by atoms with E-state index in [-0.39, 0.29) is 23.6 Å². The molecule has 6 heteroatoms. The topological polar surface area (TPSA) is 86.9 Å². The molecule has 0 unspecified atom stereocenters. The number of hydrogen-bond donors (Lipinski definition) is 3. The van der Waals surface area contributed by atoms with Gasteiger partial charge in [-0.2, -0.15) is 5.10 Å². The van der Waals surface area contributed by atoms with Crippen molar-refractivity contribution < 1.29 is 9.59 Å². The minimum atomic E-state index is -0.335. The number of rotatable bonds is 5. The number of H-pyrrole nitrogens is 1. The Morgan fingerprint density at radius 1 is 1.23 bits per heavy atom. The number of benzene rings is 1. The van der Waals surface area contributed by atoms with Crippen LogP contribution >= 0.6 is 0 Å². The second-order valence-electron chi connectivity index (χ2n) is 5.01. The third kappa shape index (κ3) is 4.31. The molecule has 3 N–H and O–H groups in total. The monoisotopic (exact) mass is 298 g/mol. The summed E-state index contributed by atoms with van der Waals surface area (Å²) in [6.07, 6.45) is 4.58. The number of carbonyl (C=O) groups excluding carboxylic acids is 2. The predicted octanol–water partition coefficient (Wildman–Crippen LogP) is 2.20. The first-order chi connectivity index (χ1) is 10.6. The van der Waals surface area contributed by atoms with Gasteiger partial charge in [0.25, 0.3) is 5.91 Å². The summed E-state index contributed by atoms with van der Waals surface area (Å²) in [4.78, 5) is 23.8. The van der Waals surface area contributed by atoms with Crippen LogP contribution in [0.2, 0.25) is 0 Å². The van der Waals surface area contributed by atoms with E-state index in [0.29, 0.717) is 5.69 Å². The number of aromatic amines is 1. The average Bonchev–Trinajstić information content (AvgIpc) is 2.94. The highest BCUT2D eigenvalue weighted by Gasteiger charge is 2.16. The van der Waals surface area contributed by atoms with Gasteiger partial charge in [0.05, 0.1) is 5.69 Å². The van der Waals surface area contributed by atoms with Crippen LogP contribution in [0.25, 0.3) is 6.08 Å². The van der Waals surface area contributed by atoms with Crippen LogP contribution < -0.4 is 10.6 Å². The summed E-state index contributed by atoms with van der Waals surface area (Å²) >= 11 is 0. The fraction of sp³-hybridized carbons (Fsp3) is 0.188. The molecule has 2 aromatic rings. The minimum absolute atomic E-state index is 0.00859. The number of nitrogens with zero attached hydrogens (tertiary/aromatic N) is 1. The maximum absolute atomic E-state index is 11.9. The van der Waals surface area contributed by atoms with Crippen molar-refractivity contribution in [2.24, 2.45) is 0 Å². The quantitative estimate of drug-likeness (QED) is 0.740. The van der Waals surface area contributed by atoms with Gasteiger partial charge in [0.15, 0.2) is 5.69 Å². The van der Waals surface area contributed by atoms with Gasteiger partial charge >= 0.3 is 0 Å². The normalized spacial score (nSPS) is 10.9. The van der Waals surface area contributed by atoms with Crippen molar-refractivity contribution in [1.82, 2.24) is 15.5 Å². The third-order valence-electron chi connectivity index (χ3n) is 2.76. The Morgan fingerprint density at radius 3 is 2.64 bits per heavy atom. The van der Waals surface area contributed by atoms with E-state index in [1.165, 1.54) is 12.3 Å². The standard InChI is InChI=1S/C16H18N4O2/c1-11(2)18-16(22)15-13(10-17-20-15)19-14(21)9-8-12-6-4-3-5-7-12/h3-11H,1-2H3,(H,17,20)(H,18,22)(H,19,21)/b9-8+. The van der Waals surface area contributed by atoms with Crippen LogP contribution in [0.15, 0.2) is 42.6 Å². The summed E-state index contributed by atoms with van der Waals surface area (Å²) in [5.74, 6) is -0.664. The molecule has 0 fully saturated rings. The van der Waals surface area contributed by atoms with E-state index in [9.17, 15) is 9.59 Å². The smallest absolute Gasteiger partial charge is 0.274 e. The van der Waals surface area contributed by atoms with Gasteiger partial charge in [-0.15, -0.1) is 0 Å². The van der Waals surface area contributed by atoms with Gasteiger partial charge in [0, 0.05) is 18.3 Å². The van der Waals surface area contributed by atoms with Crippen molar-refractivity contribution in [3.8, 4) is 0 Å². The van der Waals surface area contributed by atoms with Gasteiger partial charge in [-0.3, -0.25) is 14.7 Å². The Morgan fingerprint density at radius 2 is 1.95 bits per heavy atom. The molecule has 0 saturated carbocycles. The first-order valence-corrected chi connectivity index (χ1v) is 6.95. The van der Waals surface area contributed by atoms with Gasteiger partial charge in [-0.1, -0.05) is 30.3 Å². The summed E-state index contributed by atoms with van der Waals surface area (Å²) in [6.45, 7) is 3.71. The molecule has 0 radical (unpaired) electrons. The molecule has 6 nitrogen and oxygen atoms in total. The minimum Gasteiger partial charge on any atom is -0.348 e. The number of anilines is 1. The van der Waals surface area contributed by atoms with E-state index in [1.54, 1.807) is 6.08 Å². The highest BCUT2D eigenvalue weighted by Crippen LogP contribution is 2.12. The Hall–Kier alpha value is -2.89. The Kier molecular flexibility index (Phi) is 5.08. The highest BCUT2D eigenvalue weighted by atomic mass is 16.2. The molecule has 2 rings (SSSR count). The molecule has 0 spiro atoms. The molecule has 2 amide bonds. The largest absolute Gasteiger partial charge is 0.348 e. The van der Waals surface area contributed by atoms with Gasteiger partial charge in [-0.25, -0.2) is 0 Å². The molecule has 114 valence electrons. The van der Waals surface area contributed by atoms with Crippen LogP contribution in [-0.2, 0) is 4.79 Å². The molecule has 0 aliphatic rings. The lowest BCUT2D eigenvalue weighted by Gasteiger charge is -2.07. The molecular weight excluding hydrogens is 280 g/mol. The van der Waals surface area contributed by atoms with E-state index in [1.807, 2.05) is 44.2 Å². The van der Waals surface area contributed by atoms with Crippen LogP contribution in [0.5, 0.6) is 0 Å². The van der Waals surface area contributed by atoms with Gasteiger partial charge in [0.1, 0.15) is 0 Å². The van der Waals surface area contributed by atoms with Crippen LogP contribution in [-0.4, -0.2) is 28.1 Å². The molecular formula is C16H18N4O2. The summed E-state index contributed by atoms with van der Waals surface area (Å²) in [6, 6.07) is 9.46. The summed E-state index contributed by atoms with van der Waals surface area (Å²) < 4.78 is 0. The lowest BCUT2D eigenvalue weighted by atomic mass is 10.2. The molecule has 1 aromatic carbocycles. The van der Waals surface area contributed by atoms with Crippen LogP contribution in [0.3, 0.4) is 0 Å². The van der Waals surface area contributed by atoms with Gasteiger partial charge in [-0.05, 0) is 25.5 Å². The van der Waals surface area contributed by atoms with Crippen molar-refractivity contribution in [3.63, 3.8) is 0 Å². The van der Waals surface area contributed by atoms with E-state index < -0.39 is 0 Å². The number of nitrogens with one attached hydrogen (secondary N) is 3. The van der Waals surface area contributed by atoms with E-state index in [0.717, 1.165) is 5.56 Å². The molecule has 1 heterocycles. The van der Waals surface area contributed by atoms with Gasteiger partial charge in [0.2, 0.25) is 5.91 Å². The fourth-order valence-corrected chi connectivity index (χ4v) is 1.80. The second kappa shape index (κ2) is 7.21. The van der Waals surface area contributed by atoms with E-state index in [4.69, 9.17) is 0 Å². The SMILES string of the molecule is CC(C)NC(=O)c1n[nH]cc1NC(=O)/C=C/c1ccccc1. The van der Waals surface area contributed by atoms with E-state index >= 15 is 0 Å². The highest BCUT2D eigenvalue weighted by molar-refractivity contribution is 6.06. The number of carbonyl (C=O) groups is 2. The maximum Gasteiger partial charge on any atom is 0.274 e. The second-order valence-corrected chi connectivity index (χ2v) is 5.01. The van der Waals surface area contributed by atoms with Crippen LogP contribution in [0, 0.1) is 0 Å². The summed E-state index contributed by atoms with van der Waals surface area (Å²) in [5, 5.41) is 11.8. The first-order valence-electron chi connectivity index (χ1n) is 6.95. The Balaban J connectivity index is 2.02. The van der Waals surface area contributed by atoms with Crippen molar-refractivity contribution in [3.05, 3.63) is 53.9 Å². The summed E-state index contributed by atoms with van der Waals surface area (Å²) in [7, 11) is 0. The maximum atomic E-state index is 11.9. The lowest BCUT2D eigenvalue weighted by molar-refractivity contribution is -0.111. The zero-order valence-electron chi connectivity index (χ0n) is 12.5. The molecule has 0 aliphatic heterocycles. The number of aromatic nitrogens is 2. The van der Waals surface area contributed by atoms with Crippen molar-refractivity contribution in [2.75, 3.05) is 5.32 Å². The predicted molar refractivity (Wildman–Crippen MR) is 85.3 cm³/mol. The molecule has 0 saturated heterocycles. The van der Waals surface area contributed by atoms with Crippen LogP contribution in [0.1, 0.15) is 29.9 Å². The Bertz CT molecular complexity index is 674. The first kappa shape index (κ1) is 15.5. The van der Waals surface area contributed by atoms with Crippen molar-refractivity contribution >= 4 is 23.6 Å². The van der Waals surface area contributed by atoms with Crippen LogP contribution in [0.4, 0.5) is 5.69 Å². The van der Waals surface area contributed by atoms with Gasteiger partial charge < -0.3 is 10.6 Å². The zero-order valence-corrected chi connectivity index (χ0v) is 12.5. The van der Waals surface area contributed by atoms with Crippen molar-refractivity contribution in [2.45, 2.75) is 19.9 Å².